The molecule has 0 unspecified atom stereocenters. The number of amides is 3. The highest BCUT2D eigenvalue weighted by Gasteiger charge is 2.26. The van der Waals surface area contributed by atoms with Crippen molar-refractivity contribution in [3.8, 4) is 0 Å². The van der Waals surface area contributed by atoms with Crippen molar-refractivity contribution in [2.45, 2.75) is 78.2 Å². The minimum absolute atomic E-state index is 0.00748. The van der Waals surface area contributed by atoms with Gasteiger partial charge in [-0.05, 0) is 47.1 Å². The van der Waals surface area contributed by atoms with E-state index in [2.05, 4.69) is 30.8 Å². The number of hydrogen-bond donors (Lipinski definition) is 2. The van der Waals surface area contributed by atoms with Crippen molar-refractivity contribution >= 4 is 30.0 Å². The molecule has 2 N–H and O–H groups in total. The predicted octanol–water partition coefficient (Wildman–Crippen LogP) is 2.67. The van der Waals surface area contributed by atoms with Gasteiger partial charge in [-0.2, -0.15) is 0 Å². The SMILES string of the molecule is COC(=O)C[C@H](NC(=O)Cn1cc(CCN2CCN(/C(=N/C(=O)OC(C)(C)C)NC(=O)OC(C)(C)C)CC2)nn1)c1ccccc1. The van der Waals surface area contributed by atoms with Crippen LogP contribution in [0.25, 0.3) is 0 Å². The zero-order chi connectivity index (χ0) is 33.9. The number of alkyl carbamates (subject to hydrolysis) is 1. The molecule has 3 rings (SSSR count). The van der Waals surface area contributed by atoms with Crippen LogP contribution >= 0.6 is 0 Å². The minimum Gasteiger partial charge on any atom is -0.469 e. The van der Waals surface area contributed by atoms with E-state index in [9.17, 15) is 19.2 Å². The molecular weight excluding hydrogens is 596 g/mol. The van der Waals surface area contributed by atoms with E-state index < -0.39 is 35.4 Å². The third-order valence-corrected chi connectivity index (χ3v) is 6.59. The van der Waals surface area contributed by atoms with Crippen LogP contribution in [0.3, 0.4) is 0 Å². The van der Waals surface area contributed by atoms with E-state index in [-0.39, 0.29) is 24.8 Å². The van der Waals surface area contributed by atoms with Gasteiger partial charge in [-0.1, -0.05) is 35.5 Å². The molecule has 1 fully saturated rings. The fourth-order valence-electron chi connectivity index (χ4n) is 4.50. The highest BCUT2D eigenvalue weighted by Crippen LogP contribution is 2.17. The molecular formula is C31H46N8O7. The maximum atomic E-state index is 12.8. The van der Waals surface area contributed by atoms with Gasteiger partial charge in [0.15, 0.2) is 0 Å². The summed E-state index contributed by atoms with van der Waals surface area (Å²) in [6, 6.07) is 8.69. The highest BCUT2D eigenvalue weighted by molar-refractivity contribution is 5.99. The summed E-state index contributed by atoms with van der Waals surface area (Å²) in [5.41, 5.74) is 0.0602. The molecule has 3 amide bonds. The number of hydrogen-bond acceptors (Lipinski definition) is 10. The standard InChI is InChI=1S/C31H46N8O7/c1-30(2,3)45-28(42)33-27(34-29(43)46-31(4,5)6)38-17-15-37(16-18-38)14-13-23-20-39(36-35-23)21-25(40)32-24(19-26(41)44-7)22-11-9-8-10-12-22/h8-12,20,24H,13-19,21H2,1-7H3,(H,32,40)(H,33,34,42,43)/t24-/m0/s1. The molecule has 46 heavy (non-hydrogen) atoms. The van der Waals surface area contributed by atoms with Crippen LogP contribution < -0.4 is 10.6 Å². The molecule has 0 bridgehead atoms. The fraction of sp³-hybridized carbons (Fsp3) is 0.581. The summed E-state index contributed by atoms with van der Waals surface area (Å²) in [5, 5.41) is 13.8. The van der Waals surface area contributed by atoms with Crippen molar-refractivity contribution in [2.75, 3.05) is 39.8 Å². The number of benzene rings is 1. The highest BCUT2D eigenvalue weighted by atomic mass is 16.6. The summed E-state index contributed by atoms with van der Waals surface area (Å²) in [4.78, 5) is 57.7. The van der Waals surface area contributed by atoms with Crippen LogP contribution in [-0.2, 0) is 36.8 Å². The van der Waals surface area contributed by atoms with Crippen molar-refractivity contribution in [1.82, 2.24) is 35.4 Å². The number of carbonyl (C=O) groups excluding carboxylic acids is 4. The zero-order valence-corrected chi connectivity index (χ0v) is 27.7. The first-order valence-corrected chi connectivity index (χ1v) is 15.2. The molecule has 2 heterocycles. The van der Waals surface area contributed by atoms with Crippen LogP contribution in [0, 0.1) is 0 Å². The molecule has 1 aromatic heterocycles. The van der Waals surface area contributed by atoms with E-state index in [0.29, 0.717) is 39.1 Å². The monoisotopic (exact) mass is 642 g/mol. The van der Waals surface area contributed by atoms with Crippen molar-refractivity contribution in [1.29, 1.82) is 0 Å². The fourth-order valence-corrected chi connectivity index (χ4v) is 4.50. The number of methoxy groups -OCH3 is 1. The van der Waals surface area contributed by atoms with E-state index in [1.807, 2.05) is 35.2 Å². The molecule has 15 nitrogen and oxygen atoms in total. The number of piperazine rings is 1. The summed E-state index contributed by atoms with van der Waals surface area (Å²) < 4.78 is 16.9. The second-order valence-corrected chi connectivity index (χ2v) is 12.8. The average Bonchev–Trinajstić information content (AvgIpc) is 3.41. The van der Waals surface area contributed by atoms with E-state index in [0.717, 1.165) is 11.3 Å². The molecule has 0 saturated carbocycles. The molecule has 0 spiro atoms. The Morgan fingerprint density at radius 3 is 2.22 bits per heavy atom. The lowest BCUT2D eigenvalue weighted by Crippen LogP contribution is -2.54. The lowest BCUT2D eigenvalue weighted by atomic mass is 10.0. The zero-order valence-electron chi connectivity index (χ0n) is 27.7. The third kappa shape index (κ3) is 12.8. The van der Waals surface area contributed by atoms with Gasteiger partial charge in [-0.3, -0.25) is 19.8 Å². The topological polar surface area (TPSA) is 170 Å². The van der Waals surface area contributed by atoms with Gasteiger partial charge in [0.05, 0.1) is 25.3 Å². The molecule has 1 aliphatic rings. The molecule has 1 atom stereocenters. The molecule has 2 aromatic rings. The van der Waals surface area contributed by atoms with Crippen LogP contribution in [0.5, 0.6) is 0 Å². The number of guanidine groups is 1. The first-order valence-electron chi connectivity index (χ1n) is 15.2. The lowest BCUT2D eigenvalue weighted by molar-refractivity contribution is -0.141. The number of carbonyl (C=O) groups is 4. The first kappa shape index (κ1) is 35.9. The number of nitrogens with one attached hydrogen (secondary N) is 2. The number of aliphatic imine (C=N–C) groups is 1. The van der Waals surface area contributed by atoms with Crippen LogP contribution in [0.4, 0.5) is 9.59 Å². The largest absolute Gasteiger partial charge is 0.469 e. The summed E-state index contributed by atoms with van der Waals surface area (Å²) in [7, 11) is 1.31. The Morgan fingerprint density at radius 2 is 1.61 bits per heavy atom. The van der Waals surface area contributed by atoms with Gasteiger partial charge >= 0.3 is 18.2 Å². The Kier molecular flexibility index (Phi) is 12.6. The van der Waals surface area contributed by atoms with Gasteiger partial charge in [-0.25, -0.2) is 14.3 Å². The predicted molar refractivity (Wildman–Crippen MR) is 169 cm³/mol. The number of esters is 1. The summed E-state index contributed by atoms with van der Waals surface area (Å²) in [6.45, 7) is 13.4. The molecule has 1 aliphatic heterocycles. The number of aromatic nitrogens is 3. The van der Waals surface area contributed by atoms with Gasteiger partial charge in [-0.15, -0.1) is 10.1 Å². The molecule has 1 aromatic carbocycles. The third-order valence-electron chi connectivity index (χ3n) is 6.59. The van der Waals surface area contributed by atoms with Crippen LogP contribution in [0.2, 0.25) is 0 Å². The Hall–Kier alpha value is -4.53. The molecule has 0 aliphatic carbocycles. The summed E-state index contributed by atoms with van der Waals surface area (Å²) in [5.74, 6) is -0.663. The summed E-state index contributed by atoms with van der Waals surface area (Å²) in [6.07, 6.45) is 0.813. The van der Waals surface area contributed by atoms with E-state index in [4.69, 9.17) is 14.2 Å². The molecule has 1 saturated heterocycles. The number of nitrogens with zero attached hydrogens (tertiary/aromatic N) is 6. The Bertz CT molecular complexity index is 1360. The van der Waals surface area contributed by atoms with E-state index in [1.165, 1.54) is 11.8 Å². The van der Waals surface area contributed by atoms with Crippen molar-refractivity contribution in [2.24, 2.45) is 4.99 Å². The van der Waals surface area contributed by atoms with Gasteiger partial charge in [0.25, 0.3) is 0 Å². The number of rotatable bonds is 9. The van der Waals surface area contributed by atoms with Gasteiger partial charge in [0, 0.05) is 45.3 Å². The van der Waals surface area contributed by atoms with E-state index >= 15 is 0 Å². The quantitative estimate of drug-likeness (QED) is 0.178. The van der Waals surface area contributed by atoms with Crippen LogP contribution in [-0.4, -0.2) is 106 Å². The smallest absolute Gasteiger partial charge is 0.437 e. The van der Waals surface area contributed by atoms with Crippen molar-refractivity contribution in [3.05, 3.63) is 47.8 Å². The Morgan fingerprint density at radius 1 is 0.957 bits per heavy atom. The van der Waals surface area contributed by atoms with Crippen LogP contribution in [0.15, 0.2) is 41.5 Å². The van der Waals surface area contributed by atoms with Crippen LogP contribution in [0.1, 0.15) is 65.3 Å². The lowest BCUT2D eigenvalue weighted by Gasteiger charge is -2.36. The second kappa shape index (κ2) is 16.2. The van der Waals surface area contributed by atoms with Gasteiger partial charge < -0.3 is 24.4 Å². The number of ether oxygens (including phenoxy) is 3. The first-order chi connectivity index (χ1) is 21.6. The molecule has 15 heteroatoms. The second-order valence-electron chi connectivity index (χ2n) is 12.8. The van der Waals surface area contributed by atoms with Gasteiger partial charge in [0.1, 0.15) is 17.7 Å². The molecule has 0 radical (unpaired) electrons. The van der Waals surface area contributed by atoms with Gasteiger partial charge in [0.2, 0.25) is 11.9 Å². The maximum absolute atomic E-state index is 12.8. The Labute approximate surface area is 269 Å². The summed E-state index contributed by atoms with van der Waals surface area (Å²) >= 11 is 0. The Balaban J connectivity index is 1.52. The average molecular weight is 643 g/mol. The maximum Gasteiger partial charge on any atom is 0.437 e. The van der Waals surface area contributed by atoms with E-state index in [1.54, 1.807) is 47.7 Å². The molecule has 252 valence electrons. The van der Waals surface area contributed by atoms with Crippen molar-refractivity contribution < 1.29 is 33.4 Å². The van der Waals surface area contributed by atoms with Crippen molar-refractivity contribution in [3.63, 3.8) is 0 Å². The minimum atomic E-state index is -0.809. The normalized spacial score (nSPS) is 15.1.